The summed E-state index contributed by atoms with van der Waals surface area (Å²) < 4.78 is 77.2. The van der Waals surface area contributed by atoms with E-state index in [0.717, 1.165) is 16.8 Å². The normalized spacial score (nSPS) is 16.6. The summed E-state index contributed by atoms with van der Waals surface area (Å²) in [6.45, 7) is -0.479. The van der Waals surface area contributed by atoms with Crippen LogP contribution < -0.4 is 0 Å². The van der Waals surface area contributed by atoms with Gasteiger partial charge in [0.2, 0.25) is 0 Å². The van der Waals surface area contributed by atoms with Crippen LogP contribution in [-0.4, -0.2) is 15.7 Å². The Bertz CT molecular complexity index is 647. The minimum Gasteiger partial charge on any atom is -0.341 e. The van der Waals surface area contributed by atoms with Crippen molar-refractivity contribution >= 4 is 15.9 Å². The highest BCUT2D eigenvalue weighted by molar-refractivity contribution is 9.10. The van der Waals surface area contributed by atoms with E-state index in [2.05, 4.69) is 20.9 Å². The minimum atomic E-state index is -4.57. The number of alkyl halides is 6. The van der Waals surface area contributed by atoms with E-state index < -0.39 is 29.9 Å². The maximum absolute atomic E-state index is 13.0. The molecule has 0 aromatic carbocycles. The van der Waals surface area contributed by atoms with Crippen LogP contribution in [0.5, 0.6) is 0 Å². The van der Waals surface area contributed by atoms with Crippen LogP contribution in [0.4, 0.5) is 26.3 Å². The smallest absolute Gasteiger partial charge is 0.341 e. The molecule has 2 aromatic rings. The maximum atomic E-state index is 13.0. The fourth-order valence-electron chi connectivity index (χ4n) is 2.56. The standard InChI is InChI=1S/C11H10BrF6N.C5H5N/c12-8-7(10(13,14)15)2-5-19(8)6-9(3-1-4-9)11(16,17)18;1-2-4-6-5-3-1/h2,5H,1,3-4,6H2;1-5H. The van der Waals surface area contributed by atoms with Crippen molar-refractivity contribution in [2.75, 3.05) is 0 Å². The third-order valence-corrected chi connectivity index (χ3v) is 5.04. The predicted octanol–water partition coefficient (Wildman–Crippen LogP) is 6.08. The van der Waals surface area contributed by atoms with Gasteiger partial charge >= 0.3 is 12.4 Å². The van der Waals surface area contributed by atoms with Crippen LogP contribution in [-0.2, 0) is 12.7 Å². The van der Waals surface area contributed by atoms with Crippen molar-refractivity contribution in [1.82, 2.24) is 9.55 Å². The Morgan fingerprint density at radius 1 is 1.04 bits per heavy atom. The van der Waals surface area contributed by atoms with Crippen molar-refractivity contribution in [2.45, 2.75) is 38.2 Å². The monoisotopic (exact) mass is 428 g/mol. The average Bonchev–Trinajstić information content (AvgIpc) is 2.85. The number of pyridine rings is 1. The number of rotatable bonds is 2. The average molecular weight is 429 g/mol. The van der Waals surface area contributed by atoms with E-state index in [-0.39, 0.29) is 17.4 Å². The quantitative estimate of drug-likeness (QED) is 0.529. The Morgan fingerprint density at radius 3 is 1.92 bits per heavy atom. The Kier molecular flexibility index (Phi) is 5.86. The van der Waals surface area contributed by atoms with Gasteiger partial charge in [-0.25, -0.2) is 0 Å². The van der Waals surface area contributed by atoms with Gasteiger partial charge in [0.15, 0.2) is 0 Å². The molecule has 0 saturated heterocycles. The molecule has 0 amide bonds. The van der Waals surface area contributed by atoms with Gasteiger partial charge in [-0.1, -0.05) is 12.5 Å². The van der Waals surface area contributed by atoms with Crippen molar-refractivity contribution < 1.29 is 26.3 Å². The van der Waals surface area contributed by atoms with Crippen molar-refractivity contribution in [2.24, 2.45) is 5.41 Å². The molecule has 1 aliphatic rings. The highest BCUT2D eigenvalue weighted by Crippen LogP contribution is 2.54. The first kappa shape index (κ1) is 19.8. The summed E-state index contributed by atoms with van der Waals surface area (Å²) in [6, 6.07) is 6.50. The van der Waals surface area contributed by atoms with E-state index in [0.29, 0.717) is 6.42 Å². The van der Waals surface area contributed by atoms with Gasteiger partial charge in [0.25, 0.3) is 0 Å². The first-order valence-corrected chi connectivity index (χ1v) is 8.20. The van der Waals surface area contributed by atoms with Crippen LogP contribution in [0, 0.1) is 5.41 Å². The molecule has 138 valence electrons. The van der Waals surface area contributed by atoms with Crippen LogP contribution in [0.3, 0.4) is 0 Å². The zero-order chi connectivity index (χ0) is 18.7. The molecule has 2 aromatic heterocycles. The maximum Gasteiger partial charge on any atom is 0.418 e. The van der Waals surface area contributed by atoms with Gasteiger partial charge < -0.3 is 4.57 Å². The fourth-order valence-corrected chi connectivity index (χ4v) is 3.16. The number of hydrogen-bond donors (Lipinski definition) is 0. The van der Waals surface area contributed by atoms with Gasteiger partial charge in [-0.05, 0) is 47.0 Å². The third-order valence-electron chi connectivity index (χ3n) is 4.15. The summed E-state index contributed by atoms with van der Waals surface area (Å²) in [5, 5.41) is 0. The molecule has 0 unspecified atom stereocenters. The number of hydrogen-bond acceptors (Lipinski definition) is 1. The van der Waals surface area contributed by atoms with Crippen LogP contribution in [0.2, 0.25) is 0 Å². The summed E-state index contributed by atoms with van der Waals surface area (Å²) in [6.07, 6.45) is -4.06. The van der Waals surface area contributed by atoms with E-state index in [4.69, 9.17) is 0 Å². The topological polar surface area (TPSA) is 17.8 Å². The molecular formula is C16H15BrF6N2. The van der Waals surface area contributed by atoms with E-state index in [9.17, 15) is 26.3 Å². The summed E-state index contributed by atoms with van der Waals surface area (Å²) in [7, 11) is 0. The van der Waals surface area contributed by atoms with Gasteiger partial charge in [-0.3, -0.25) is 4.98 Å². The number of halogens is 7. The Hall–Kier alpha value is -1.51. The van der Waals surface area contributed by atoms with Gasteiger partial charge in [-0.15, -0.1) is 0 Å². The second kappa shape index (κ2) is 7.39. The molecular weight excluding hydrogens is 414 g/mol. The molecule has 1 aliphatic carbocycles. The number of nitrogens with zero attached hydrogens (tertiary/aromatic N) is 2. The first-order chi connectivity index (χ1) is 11.6. The molecule has 1 saturated carbocycles. The Labute approximate surface area is 149 Å². The lowest BCUT2D eigenvalue weighted by Gasteiger charge is -2.43. The summed E-state index contributed by atoms with van der Waals surface area (Å²) in [5.74, 6) is 0. The second-order valence-corrected chi connectivity index (χ2v) is 6.55. The predicted molar refractivity (Wildman–Crippen MR) is 83.7 cm³/mol. The lowest BCUT2D eigenvalue weighted by atomic mass is 9.68. The minimum absolute atomic E-state index is 0.0392. The van der Waals surface area contributed by atoms with Crippen molar-refractivity contribution in [3.63, 3.8) is 0 Å². The van der Waals surface area contributed by atoms with Crippen molar-refractivity contribution in [3.8, 4) is 0 Å². The van der Waals surface area contributed by atoms with E-state index in [1.54, 1.807) is 12.4 Å². The SMILES string of the molecule is FC(F)(F)c1ccn(CC2(C(F)(F)F)CCC2)c1Br.c1ccncc1. The molecule has 0 N–H and O–H groups in total. The fraction of sp³-hybridized carbons (Fsp3) is 0.438. The van der Waals surface area contributed by atoms with E-state index >= 15 is 0 Å². The highest BCUT2D eigenvalue weighted by Gasteiger charge is 2.58. The molecule has 1 fully saturated rings. The summed E-state index contributed by atoms with van der Waals surface area (Å²) in [5.41, 5.74) is -2.85. The molecule has 0 radical (unpaired) electrons. The molecule has 25 heavy (non-hydrogen) atoms. The molecule has 0 bridgehead atoms. The van der Waals surface area contributed by atoms with Crippen molar-refractivity contribution in [3.05, 3.63) is 53.0 Å². The van der Waals surface area contributed by atoms with Crippen molar-refractivity contribution in [1.29, 1.82) is 0 Å². The van der Waals surface area contributed by atoms with Crippen LogP contribution in [0.1, 0.15) is 24.8 Å². The van der Waals surface area contributed by atoms with Gasteiger partial charge in [0.05, 0.1) is 15.6 Å². The summed E-state index contributed by atoms with van der Waals surface area (Å²) >= 11 is 2.74. The molecule has 2 heterocycles. The Balaban J connectivity index is 0.000000316. The zero-order valence-corrected chi connectivity index (χ0v) is 14.5. The van der Waals surface area contributed by atoms with Crippen LogP contribution in [0.15, 0.2) is 47.5 Å². The lowest BCUT2D eigenvalue weighted by molar-refractivity contribution is -0.256. The van der Waals surface area contributed by atoms with Gasteiger partial charge in [0.1, 0.15) is 0 Å². The third kappa shape index (κ3) is 4.56. The molecule has 0 spiro atoms. The largest absolute Gasteiger partial charge is 0.418 e. The van der Waals surface area contributed by atoms with Gasteiger partial charge in [-0.2, -0.15) is 26.3 Å². The van der Waals surface area contributed by atoms with E-state index in [1.807, 2.05) is 18.2 Å². The van der Waals surface area contributed by atoms with Gasteiger partial charge in [0, 0.05) is 25.1 Å². The van der Waals surface area contributed by atoms with Crippen LogP contribution >= 0.6 is 15.9 Å². The van der Waals surface area contributed by atoms with Crippen LogP contribution in [0.25, 0.3) is 0 Å². The molecule has 2 nitrogen and oxygen atoms in total. The molecule has 3 rings (SSSR count). The zero-order valence-electron chi connectivity index (χ0n) is 12.9. The molecule has 0 atom stereocenters. The number of aromatic nitrogens is 2. The first-order valence-electron chi connectivity index (χ1n) is 7.40. The second-order valence-electron chi connectivity index (χ2n) is 5.80. The molecule has 0 aliphatic heterocycles. The van der Waals surface area contributed by atoms with E-state index in [1.165, 1.54) is 0 Å². The summed E-state index contributed by atoms with van der Waals surface area (Å²) in [4.78, 5) is 3.78. The molecule has 9 heteroatoms. The Morgan fingerprint density at radius 2 is 1.64 bits per heavy atom. The lowest BCUT2D eigenvalue weighted by Crippen LogP contribution is -2.47. The highest BCUT2D eigenvalue weighted by atomic mass is 79.9.